The van der Waals surface area contributed by atoms with E-state index in [1.807, 2.05) is 0 Å². The third kappa shape index (κ3) is 62.0. The van der Waals surface area contributed by atoms with Crippen molar-refractivity contribution in [2.24, 2.45) is 23.7 Å². The molecule has 0 aliphatic rings. The van der Waals surface area contributed by atoms with Crippen LogP contribution in [0.25, 0.3) is 0 Å². The largest absolute Gasteiger partial charge is 0.463 e. The van der Waals surface area contributed by atoms with E-state index in [0.29, 0.717) is 54.9 Å². The predicted molar refractivity (Wildman–Crippen MR) is 235 cm³/mol. The smallest absolute Gasteiger partial charge is 0.333 e. The molecule has 0 unspecified atom stereocenters. The standard InChI is InChI=1S/C10H17NO3.C9H15NO3.C9H16O2.C8H14O2.C5H8O.C4H6O/c1-7(2)9(12)11-5-6-14-10(13)8(3)4;1-4-8(11)13-6-5-10-9(12)7(2)3;1-7(2)5-6-11-9(10)8(3)4;1-4-8(9)10-6-5-7(2)3;1-4(2)5(3)6;1-3-4(2)5/h7H,3,5-6H2,1-2,4H3,(H,11,12);4,7H,1,5-6H2,2-3H3,(H,10,12);7H,3,5-6H2,1-2,4H3;4,7H,1,5-6H2,2-3H3;1H2,2-3H3;3H,1H2,2H3. The van der Waals surface area contributed by atoms with Gasteiger partial charge in [0.05, 0.1) is 26.3 Å². The molecule has 14 heteroatoms. The third-order valence-corrected chi connectivity index (χ3v) is 6.12. The maximum atomic E-state index is 11.1. The number of amides is 2. The second-order valence-corrected chi connectivity index (χ2v) is 14.0. The van der Waals surface area contributed by atoms with Gasteiger partial charge in [-0.05, 0) is 70.9 Å². The van der Waals surface area contributed by atoms with Crippen LogP contribution in [0.3, 0.4) is 0 Å². The van der Waals surface area contributed by atoms with E-state index in [9.17, 15) is 38.4 Å². The quantitative estimate of drug-likeness (QED) is 0.0543. The summed E-state index contributed by atoms with van der Waals surface area (Å²) < 4.78 is 19.1. The fraction of sp³-hybridized carbons (Fsp3) is 0.556. The monoisotopic (exact) mass is 837 g/mol. The molecule has 0 aromatic carbocycles. The summed E-state index contributed by atoms with van der Waals surface area (Å²) in [4.78, 5) is 84.5. The number of hydrogen-bond acceptors (Lipinski definition) is 12. The van der Waals surface area contributed by atoms with E-state index in [1.54, 1.807) is 48.5 Å². The number of Topliss-reactive ketones (excluding diaryl/α,β-unsaturated/α-hetero) is 1. The van der Waals surface area contributed by atoms with Gasteiger partial charge in [-0.3, -0.25) is 19.2 Å². The van der Waals surface area contributed by atoms with E-state index in [4.69, 9.17) is 14.2 Å². The van der Waals surface area contributed by atoms with Gasteiger partial charge in [-0.15, -0.1) is 0 Å². The van der Waals surface area contributed by atoms with Crippen LogP contribution in [0.4, 0.5) is 0 Å². The Morgan fingerprint density at radius 2 is 0.746 bits per heavy atom. The van der Waals surface area contributed by atoms with Gasteiger partial charge >= 0.3 is 23.9 Å². The van der Waals surface area contributed by atoms with Crippen molar-refractivity contribution in [1.82, 2.24) is 10.6 Å². The van der Waals surface area contributed by atoms with Gasteiger partial charge in [0, 0.05) is 35.1 Å². The first kappa shape index (κ1) is 65.5. The zero-order valence-corrected chi connectivity index (χ0v) is 38.3. The molecule has 0 aromatic rings. The molecule has 2 N–H and O–H groups in total. The van der Waals surface area contributed by atoms with Gasteiger partial charge in [-0.25, -0.2) is 19.2 Å². The first-order chi connectivity index (χ1) is 27.1. The Hall–Kier alpha value is -5.40. The van der Waals surface area contributed by atoms with Crippen LogP contribution in [0.15, 0.2) is 74.4 Å². The number of esters is 4. The Labute approximate surface area is 355 Å². The van der Waals surface area contributed by atoms with Crippen molar-refractivity contribution in [1.29, 1.82) is 0 Å². The molecule has 0 bridgehead atoms. The number of ketones is 2. The molecule has 14 nitrogen and oxygen atoms in total. The van der Waals surface area contributed by atoms with Crippen molar-refractivity contribution in [3.63, 3.8) is 0 Å². The lowest BCUT2D eigenvalue weighted by molar-refractivity contribution is -0.140. The molecule has 0 aliphatic carbocycles. The first-order valence-corrected chi connectivity index (χ1v) is 19.2. The van der Waals surface area contributed by atoms with E-state index in [2.05, 4.69) is 82.5 Å². The Kier molecular flexibility index (Phi) is 48.5. The van der Waals surface area contributed by atoms with Crippen LogP contribution in [0.5, 0.6) is 0 Å². The van der Waals surface area contributed by atoms with Gasteiger partial charge in [-0.2, -0.15) is 0 Å². The summed E-state index contributed by atoms with van der Waals surface area (Å²) in [5.74, 6) is -0.465. The average molecular weight is 837 g/mol. The zero-order chi connectivity index (χ0) is 47.7. The van der Waals surface area contributed by atoms with E-state index in [1.165, 1.54) is 26.0 Å². The lowest BCUT2D eigenvalue weighted by atomic mass is 10.1. The molecule has 0 aromatic heterocycles. The second-order valence-electron chi connectivity index (χ2n) is 14.0. The highest BCUT2D eigenvalue weighted by atomic mass is 16.5. The molecule has 0 heterocycles. The number of ether oxygens (including phenoxy) is 4. The Morgan fingerprint density at radius 1 is 0.475 bits per heavy atom. The predicted octanol–water partition coefficient (Wildman–Crippen LogP) is 7.19. The van der Waals surface area contributed by atoms with E-state index < -0.39 is 11.9 Å². The molecule has 0 saturated heterocycles. The molecule has 59 heavy (non-hydrogen) atoms. The molecular formula is C45H76N2O12. The summed E-state index contributed by atoms with van der Waals surface area (Å²) in [6.45, 7) is 45.6. The Bertz CT molecular complexity index is 1330. The first-order valence-electron chi connectivity index (χ1n) is 19.2. The molecule has 0 saturated carbocycles. The number of allylic oxidation sites excluding steroid dienone is 2. The molecule has 0 atom stereocenters. The van der Waals surface area contributed by atoms with Crippen molar-refractivity contribution in [2.75, 3.05) is 39.5 Å². The Balaban J connectivity index is -0.000000147. The number of rotatable bonds is 20. The zero-order valence-electron chi connectivity index (χ0n) is 38.3. The minimum Gasteiger partial charge on any atom is -0.463 e. The van der Waals surface area contributed by atoms with Crippen LogP contribution in [-0.4, -0.2) is 86.8 Å². The van der Waals surface area contributed by atoms with Gasteiger partial charge in [0.2, 0.25) is 11.8 Å². The highest BCUT2D eigenvalue weighted by Crippen LogP contribution is 2.01. The Morgan fingerprint density at radius 3 is 0.983 bits per heavy atom. The molecule has 0 fully saturated rings. The minimum atomic E-state index is -0.473. The van der Waals surface area contributed by atoms with Crippen molar-refractivity contribution in [3.8, 4) is 0 Å². The van der Waals surface area contributed by atoms with Crippen LogP contribution < -0.4 is 10.6 Å². The van der Waals surface area contributed by atoms with Crippen molar-refractivity contribution >= 4 is 47.3 Å². The lowest BCUT2D eigenvalue weighted by Crippen LogP contribution is -2.31. The number of nitrogens with one attached hydrogen (secondary N) is 2. The average Bonchev–Trinajstić information content (AvgIpc) is 3.15. The highest BCUT2D eigenvalue weighted by Gasteiger charge is 2.07. The summed E-state index contributed by atoms with van der Waals surface area (Å²) in [7, 11) is 0. The summed E-state index contributed by atoms with van der Waals surface area (Å²) in [6.07, 6.45) is 5.38. The van der Waals surface area contributed by atoms with Gasteiger partial charge in [-0.1, -0.05) is 94.9 Å². The van der Waals surface area contributed by atoms with Crippen LogP contribution in [0.2, 0.25) is 0 Å². The van der Waals surface area contributed by atoms with Crippen LogP contribution in [-0.2, 0) is 57.3 Å². The summed E-state index contributed by atoms with van der Waals surface area (Å²) >= 11 is 0. The number of carbonyl (C=O) groups is 8. The van der Waals surface area contributed by atoms with Gasteiger partial charge in [0.25, 0.3) is 0 Å². The van der Waals surface area contributed by atoms with Crippen LogP contribution in [0.1, 0.15) is 103 Å². The normalized spacial score (nSPS) is 9.17. The molecule has 338 valence electrons. The fourth-order valence-corrected chi connectivity index (χ4v) is 2.20. The van der Waals surface area contributed by atoms with E-state index in [0.717, 1.165) is 18.9 Å². The molecule has 0 aliphatic heterocycles. The summed E-state index contributed by atoms with van der Waals surface area (Å²) in [5, 5.41) is 5.24. The molecular weight excluding hydrogens is 760 g/mol. The molecule has 0 radical (unpaired) electrons. The van der Waals surface area contributed by atoms with Crippen molar-refractivity contribution in [3.05, 3.63) is 74.4 Å². The SMILES string of the molecule is C=C(C)C(=O)OCCC(C)C.C=C(C)C(=O)OCCNC(=O)C(C)C.C=C(C)C(C)=O.C=CC(=O)OCCC(C)C.C=CC(=O)OCCNC(=O)C(C)C.C=CC(C)=O. The van der Waals surface area contributed by atoms with E-state index >= 15 is 0 Å². The van der Waals surface area contributed by atoms with Crippen molar-refractivity contribution in [2.45, 2.75) is 103 Å². The molecule has 0 rings (SSSR count). The topological polar surface area (TPSA) is 198 Å². The van der Waals surface area contributed by atoms with Crippen LogP contribution in [0, 0.1) is 23.7 Å². The maximum Gasteiger partial charge on any atom is 0.333 e. The third-order valence-electron chi connectivity index (χ3n) is 6.12. The highest BCUT2D eigenvalue weighted by molar-refractivity contribution is 5.91. The second kappa shape index (κ2) is 43.7. The van der Waals surface area contributed by atoms with Crippen molar-refractivity contribution < 1.29 is 57.3 Å². The number of carbonyl (C=O) groups excluding carboxylic acids is 8. The lowest BCUT2D eigenvalue weighted by Gasteiger charge is -2.07. The number of hydrogen-bond donors (Lipinski definition) is 2. The minimum absolute atomic E-state index is 0.0185. The maximum absolute atomic E-state index is 11.1. The van der Waals surface area contributed by atoms with E-state index in [-0.39, 0.29) is 60.4 Å². The van der Waals surface area contributed by atoms with Gasteiger partial charge < -0.3 is 29.6 Å². The summed E-state index contributed by atoms with van der Waals surface area (Å²) in [5.41, 5.74) is 1.45. The summed E-state index contributed by atoms with van der Waals surface area (Å²) in [6, 6.07) is 0. The fourth-order valence-electron chi connectivity index (χ4n) is 2.20. The molecule has 0 spiro atoms. The molecule has 2 amide bonds. The van der Waals surface area contributed by atoms with Crippen LogP contribution >= 0.6 is 0 Å². The van der Waals surface area contributed by atoms with Gasteiger partial charge in [0.1, 0.15) is 13.2 Å². The van der Waals surface area contributed by atoms with Gasteiger partial charge in [0.15, 0.2) is 11.6 Å².